The van der Waals surface area contributed by atoms with Gasteiger partial charge in [0.15, 0.2) is 0 Å². The van der Waals surface area contributed by atoms with Gasteiger partial charge in [-0.05, 0) is 37.6 Å². The van der Waals surface area contributed by atoms with Crippen molar-refractivity contribution in [2.75, 3.05) is 45.3 Å². The summed E-state index contributed by atoms with van der Waals surface area (Å²) in [5.41, 5.74) is 2.98. The normalized spacial score (nSPS) is 15.2. The molecule has 0 aliphatic carbocycles. The lowest BCUT2D eigenvalue weighted by molar-refractivity contribution is 0.0708. The lowest BCUT2D eigenvalue weighted by Gasteiger charge is -2.27. The van der Waals surface area contributed by atoms with E-state index in [2.05, 4.69) is 10.6 Å². The largest absolute Gasteiger partial charge is 0.383 e. The van der Waals surface area contributed by atoms with Gasteiger partial charge in [0.2, 0.25) is 0 Å². The van der Waals surface area contributed by atoms with Crippen molar-refractivity contribution in [2.45, 2.75) is 19.5 Å². The smallest absolute Gasteiger partial charge is 0.256 e. The van der Waals surface area contributed by atoms with Gasteiger partial charge < -0.3 is 25.0 Å². The second kappa shape index (κ2) is 10.8. The molecule has 0 saturated carbocycles. The summed E-state index contributed by atoms with van der Waals surface area (Å²) in [5.74, 6) is -0.153. The number of hydrogen-bond acceptors (Lipinski definition) is 5. The van der Waals surface area contributed by atoms with Crippen LogP contribution in [-0.2, 0) is 9.47 Å². The first-order valence-electron chi connectivity index (χ1n) is 10.3. The fraction of sp³-hybridized carbons (Fsp3) is 0.391. The molecule has 0 bridgehead atoms. The molecule has 2 aromatic carbocycles. The molecule has 0 fully saturated rings. The quantitative estimate of drug-likeness (QED) is 0.556. The third-order valence-electron chi connectivity index (χ3n) is 4.97. The van der Waals surface area contributed by atoms with Gasteiger partial charge in [0.1, 0.15) is 6.17 Å². The van der Waals surface area contributed by atoms with Crippen LogP contribution >= 0.6 is 0 Å². The van der Waals surface area contributed by atoms with Gasteiger partial charge in [-0.25, -0.2) is 0 Å². The van der Waals surface area contributed by atoms with Crippen LogP contribution in [-0.4, -0.2) is 56.7 Å². The van der Waals surface area contributed by atoms with Crippen molar-refractivity contribution in [1.29, 1.82) is 0 Å². The number of amides is 2. The molecule has 2 amide bonds. The summed E-state index contributed by atoms with van der Waals surface area (Å²) < 4.78 is 10.4. The van der Waals surface area contributed by atoms with Crippen LogP contribution in [0.25, 0.3) is 0 Å². The number of anilines is 1. The molecule has 1 atom stereocenters. The van der Waals surface area contributed by atoms with Crippen LogP contribution in [0.2, 0.25) is 0 Å². The van der Waals surface area contributed by atoms with Crippen LogP contribution in [0.4, 0.5) is 5.69 Å². The molecule has 30 heavy (non-hydrogen) atoms. The van der Waals surface area contributed by atoms with E-state index in [-0.39, 0.29) is 18.0 Å². The molecule has 1 aliphatic rings. The Morgan fingerprint density at radius 2 is 1.97 bits per heavy atom. The number of methoxy groups -OCH3 is 1. The lowest BCUT2D eigenvalue weighted by Crippen LogP contribution is -2.33. The molecular weight excluding hydrogens is 382 g/mol. The van der Waals surface area contributed by atoms with Crippen molar-refractivity contribution in [3.05, 3.63) is 65.2 Å². The van der Waals surface area contributed by atoms with Crippen LogP contribution in [0, 0.1) is 0 Å². The van der Waals surface area contributed by atoms with E-state index in [0.29, 0.717) is 44.0 Å². The Bertz CT molecular complexity index is 871. The van der Waals surface area contributed by atoms with Gasteiger partial charge in [-0.3, -0.25) is 9.59 Å². The summed E-state index contributed by atoms with van der Waals surface area (Å²) in [6.07, 6.45) is 0.468. The topological polar surface area (TPSA) is 79.9 Å². The first-order valence-corrected chi connectivity index (χ1v) is 10.3. The molecular formula is C23H29N3O4. The highest BCUT2D eigenvalue weighted by molar-refractivity contribution is 5.99. The fourth-order valence-corrected chi connectivity index (χ4v) is 3.51. The number of nitrogens with one attached hydrogen (secondary N) is 2. The van der Waals surface area contributed by atoms with Gasteiger partial charge in [-0.1, -0.05) is 24.3 Å². The Morgan fingerprint density at radius 1 is 1.13 bits per heavy atom. The molecule has 0 unspecified atom stereocenters. The maximum Gasteiger partial charge on any atom is 0.256 e. The van der Waals surface area contributed by atoms with Crippen molar-refractivity contribution in [2.24, 2.45) is 0 Å². The number of rotatable bonds is 11. The summed E-state index contributed by atoms with van der Waals surface area (Å²) in [7, 11) is 1.59. The standard InChI is InChI=1S/C23H29N3O4/c1-3-30-14-7-13-26-21(19-10-4-5-11-20(19)23(26)28)25-18-9-6-8-17(16-18)22(27)24-12-15-29-2/h4-6,8-11,16,21,25H,3,7,12-15H2,1-2H3,(H,24,27)/t21-/m1/s1. The molecule has 7 heteroatoms. The molecule has 0 aromatic heterocycles. The lowest BCUT2D eigenvalue weighted by atomic mass is 10.1. The first kappa shape index (κ1) is 21.8. The van der Waals surface area contributed by atoms with E-state index < -0.39 is 0 Å². The van der Waals surface area contributed by atoms with E-state index in [0.717, 1.165) is 17.7 Å². The highest BCUT2D eigenvalue weighted by Gasteiger charge is 2.36. The van der Waals surface area contributed by atoms with E-state index in [4.69, 9.17) is 9.47 Å². The Labute approximate surface area is 177 Å². The minimum atomic E-state index is -0.290. The summed E-state index contributed by atoms with van der Waals surface area (Å²) in [4.78, 5) is 27.1. The summed E-state index contributed by atoms with van der Waals surface area (Å²) in [5, 5.41) is 6.26. The van der Waals surface area contributed by atoms with Crippen LogP contribution in [0.1, 0.15) is 45.8 Å². The molecule has 3 rings (SSSR count). The second-order valence-electron chi connectivity index (χ2n) is 7.01. The van der Waals surface area contributed by atoms with Gasteiger partial charge >= 0.3 is 0 Å². The summed E-state index contributed by atoms with van der Waals surface area (Å²) in [6, 6.07) is 14.9. The zero-order chi connectivity index (χ0) is 21.3. The minimum absolute atomic E-state index is 0.00746. The number of fused-ring (bicyclic) bond motifs is 1. The number of nitrogens with zero attached hydrogens (tertiary/aromatic N) is 1. The zero-order valence-corrected chi connectivity index (χ0v) is 17.5. The zero-order valence-electron chi connectivity index (χ0n) is 17.5. The third-order valence-corrected chi connectivity index (χ3v) is 4.97. The number of ether oxygens (including phenoxy) is 2. The van der Waals surface area contributed by atoms with Crippen LogP contribution in [0.5, 0.6) is 0 Å². The maximum absolute atomic E-state index is 13.0. The molecule has 160 valence electrons. The Hall–Kier alpha value is -2.90. The number of carbonyl (C=O) groups is 2. The molecule has 2 aromatic rings. The number of carbonyl (C=O) groups excluding carboxylic acids is 2. The third kappa shape index (κ3) is 5.17. The maximum atomic E-state index is 13.0. The van der Waals surface area contributed by atoms with Gasteiger partial charge in [-0.2, -0.15) is 0 Å². The average molecular weight is 412 g/mol. The predicted octanol–water partition coefficient (Wildman–Crippen LogP) is 3.06. The average Bonchev–Trinajstić information content (AvgIpc) is 3.03. The monoisotopic (exact) mass is 411 g/mol. The molecule has 0 saturated heterocycles. The SMILES string of the molecule is CCOCCCN1C(=O)c2ccccc2[C@@H]1Nc1cccc(C(=O)NCCOC)c1. The van der Waals surface area contributed by atoms with E-state index in [9.17, 15) is 9.59 Å². The Morgan fingerprint density at radius 3 is 2.77 bits per heavy atom. The molecule has 7 nitrogen and oxygen atoms in total. The van der Waals surface area contributed by atoms with Crippen LogP contribution in [0.3, 0.4) is 0 Å². The van der Waals surface area contributed by atoms with Crippen molar-refractivity contribution in [3.63, 3.8) is 0 Å². The predicted molar refractivity (Wildman–Crippen MR) is 116 cm³/mol. The van der Waals surface area contributed by atoms with Crippen molar-refractivity contribution < 1.29 is 19.1 Å². The Balaban J connectivity index is 1.76. The molecule has 0 radical (unpaired) electrons. The molecule has 1 heterocycles. The molecule has 1 aliphatic heterocycles. The molecule has 2 N–H and O–H groups in total. The minimum Gasteiger partial charge on any atom is -0.383 e. The van der Waals surface area contributed by atoms with Gasteiger partial charge in [0, 0.05) is 55.8 Å². The van der Waals surface area contributed by atoms with Gasteiger partial charge in [0.25, 0.3) is 11.8 Å². The van der Waals surface area contributed by atoms with Crippen molar-refractivity contribution in [1.82, 2.24) is 10.2 Å². The van der Waals surface area contributed by atoms with Crippen LogP contribution in [0.15, 0.2) is 48.5 Å². The van der Waals surface area contributed by atoms with E-state index >= 15 is 0 Å². The van der Waals surface area contributed by atoms with E-state index in [1.807, 2.05) is 48.2 Å². The van der Waals surface area contributed by atoms with E-state index in [1.165, 1.54) is 0 Å². The molecule has 0 spiro atoms. The number of hydrogen-bond donors (Lipinski definition) is 2. The van der Waals surface area contributed by atoms with E-state index in [1.54, 1.807) is 19.2 Å². The van der Waals surface area contributed by atoms with Crippen LogP contribution < -0.4 is 10.6 Å². The highest BCUT2D eigenvalue weighted by atomic mass is 16.5. The van der Waals surface area contributed by atoms with Gasteiger partial charge in [-0.15, -0.1) is 0 Å². The highest BCUT2D eigenvalue weighted by Crippen LogP contribution is 2.34. The Kier molecular flexibility index (Phi) is 7.82. The summed E-state index contributed by atoms with van der Waals surface area (Å²) in [6.45, 7) is 4.73. The van der Waals surface area contributed by atoms with Gasteiger partial charge in [0.05, 0.1) is 6.61 Å². The van der Waals surface area contributed by atoms with Crippen molar-refractivity contribution in [3.8, 4) is 0 Å². The number of benzene rings is 2. The second-order valence-corrected chi connectivity index (χ2v) is 7.01. The first-order chi connectivity index (χ1) is 14.7. The fourth-order valence-electron chi connectivity index (χ4n) is 3.51. The van der Waals surface area contributed by atoms with Crippen molar-refractivity contribution >= 4 is 17.5 Å². The summed E-state index contributed by atoms with van der Waals surface area (Å²) >= 11 is 0.